The maximum absolute atomic E-state index is 12.0. The van der Waals surface area contributed by atoms with E-state index >= 15 is 0 Å². The highest BCUT2D eigenvalue weighted by atomic mass is 16.1. The Balaban J connectivity index is 1.31. The van der Waals surface area contributed by atoms with Crippen molar-refractivity contribution in [2.24, 2.45) is 5.92 Å². The summed E-state index contributed by atoms with van der Waals surface area (Å²) in [5.74, 6) is 1.87. The average molecular weight is 328 g/mol. The number of imidazole rings is 1. The smallest absolute Gasteiger partial charge is 0.220 e. The van der Waals surface area contributed by atoms with Gasteiger partial charge in [0.1, 0.15) is 5.82 Å². The molecule has 5 heteroatoms. The average Bonchev–Trinajstić information content (AvgIpc) is 3.01. The molecule has 5 nitrogen and oxygen atoms in total. The number of para-hydroxylation sites is 2. The Morgan fingerprint density at radius 2 is 2.12 bits per heavy atom. The normalized spacial score (nSPS) is 16.5. The number of amides is 1. The maximum Gasteiger partial charge on any atom is 0.220 e. The van der Waals surface area contributed by atoms with Gasteiger partial charge >= 0.3 is 0 Å². The lowest BCUT2D eigenvalue weighted by Crippen LogP contribution is -2.35. The van der Waals surface area contributed by atoms with Crippen LogP contribution in [-0.4, -0.2) is 47.0 Å². The highest BCUT2D eigenvalue weighted by Crippen LogP contribution is 2.15. The van der Waals surface area contributed by atoms with Crippen molar-refractivity contribution in [3.05, 3.63) is 30.1 Å². The van der Waals surface area contributed by atoms with Crippen molar-refractivity contribution in [3.63, 3.8) is 0 Å². The van der Waals surface area contributed by atoms with Crippen LogP contribution in [-0.2, 0) is 11.2 Å². The fourth-order valence-electron chi connectivity index (χ4n) is 3.26. The molecule has 2 aromatic rings. The molecule has 24 heavy (non-hydrogen) atoms. The van der Waals surface area contributed by atoms with E-state index in [4.69, 9.17) is 0 Å². The first-order valence-electron chi connectivity index (χ1n) is 9.13. The molecular formula is C19H28N4O. The van der Waals surface area contributed by atoms with Crippen molar-refractivity contribution in [1.82, 2.24) is 20.2 Å². The fraction of sp³-hybridized carbons (Fsp3) is 0.579. The van der Waals surface area contributed by atoms with Crippen LogP contribution in [0.5, 0.6) is 0 Å². The quantitative estimate of drug-likeness (QED) is 0.768. The first-order chi connectivity index (χ1) is 11.7. The van der Waals surface area contributed by atoms with E-state index in [9.17, 15) is 4.79 Å². The Kier molecular flexibility index (Phi) is 5.86. The summed E-state index contributed by atoms with van der Waals surface area (Å²) in [6, 6.07) is 7.95. The van der Waals surface area contributed by atoms with Crippen LogP contribution < -0.4 is 5.32 Å². The monoisotopic (exact) mass is 328 g/mol. The van der Waals surface area contributed by atoms with Gasteiger partial charge in [0.25, 0.3) is 0 Å². The van der Waals surface area contributed by atoms with Crippen molar-refractivity contribution in [1.29, 1.82) is 0 Å². The van der Waals surface area contributed by atoms with Crippen LogP contribution in [0.3, 0.4) is 0 Å². The summed E-state index contributed by atoms with van der Waals surface area (Å²) >= 11 is 0. The number of H-pyrrole nitrogens is 1. The summed E-state index contributed by atoms with van der Waals surface area (Å²) in [7, 11) is 0. The molecule has 1 amide bonds. The van der Waals surface area contributed by atoms with E-state index in [0.717, 1.165) is 42.3 Å². The van der Waals surface area contributed by atoms with Crippen molar-refractivity contribution >= 4 is 16.9 Å². The van der Waals surface area contributed by atoms with Crippen molar-refractivity contribution in [3.8, 4) is 0 Å². The first-order valence-corrected chi connectivity index (χ1v) is 9.13. The third-order valence-electron chi connectivity index (χ3n) is 4.88. The Morgan fingerprint density at radius 3 is 2.92 bits per heavy atom. The molecule has 2 N–H and O–H groups in total. The van der Waals surface area contributed by atoms with E-state index in [1.165, 1.54) is 25.9 Å². The van der Waals surface area contributed by atoms with Crippen LogP contribution in [0.25, 0.3) is 11.0 Å². The summed E-state index contributed by atoms with van der Waals surface area (Å²) in [6.45, 7) is 6.61. The molecule has 1 aliphatic heterocycles. The summed E-state index contributed by atoms with van der Waals surface area (Å²) in [5.41, 5.74) is 1.99. The second-order valence-corrected chi connectivity index (χ2v) is 6.93. The highest BCUT2D eigenvalue weighted by molar-refractivity contribution is 5.77. The molecule has 0 aliphatic carbocycles. The minimum Gasteiger partial charge on any atom is -0.356 e. The van der Waals surface area contributed by atoms with Crippen LogP contribution >= 0.6 is 0 Å². The molecule has 0 spiro atoms. The lowest BCUT2D eigenvalue weighted by molar-refractivity contribution is -0.121. The van der Waals surface area contributed by atoms with Gasteiger partial charge in [-0.05, 0) is 56.9 Å². The first kappa shape index (κ1) is 17.0. The predicted octanol–water partition coefficient (Wildman–Crippen LogP) is 2.73. The van der Waals surface area contributed by atoms with Gasteiger partial charge in [-0.3, -0.25) is 4.79 Å². The number of benzene rings is 1. The molecule has 3 rings (SSSR count). The molecule has 0 radical (unpaired) electrons. The molecule has 0 atom stereocenters. The van der Waals surface area contributed by atoms with Crippen molar-refractivity contribution < 1.29 is 4.79 Å². The van der Waals surface area contributed by atoms with Crippen molar-refractivity contribution in [2.45, 2.75) is 39.0 Å². The number of hydrogen-bond donors (Lipinski definition) is 2. The third-order valence-corrected chi connectivity index (χ3v) is 4.88. The molecular weight excluding hydrogens is 300 g/mol. The maximum atomic E-state index is 12.0. The number of carbonyl (C=O) groups is 1. The predicted molar refractivity (Wildman–Crippen MR) is 96.9 cm³/mol. The van der Waals surface area contributed by atoms with Crippen LogP contribution in [0.2, 0.25) is 0 Å². The van der Waals surface area contributed by atoms with E-state index in [-0.39, 0.29) is 5.91 Å². The van der Waals surface area contributed by atoms with E-state index in [2.05, 4.69) is 27.1 Å². The van der Waals surface area contributed by atoms with Gasteiger partial charge < -0.3 is 15.2 Å². The number of nitrogens with zero attached hydrogens (tertiary/aromatic N) is 2. The Bertz CT molecular complexity index is 625. The number of piperidine rings is 1. The SMILES string of the molecule is CC1CCN(CCCNC(=O)CCc2nc3ccccc3[nH]2)CC1. The van der Waals surface area contributed by atoms with Gasteiger partial charge in [-0.25, -0.2) is 4.98 Å². The molecule has 0 bridgehead atoms. The van der Waals surface area contributed by atoms with Gasteiger partial charge in [-0.2, -0.15) is 0 Å². The molecule has 0 unspecified atom stereocenters. The second-order valence-electron chi connectivity index (χ2n) is 6.93. The van der Waals surface area contributed by atoms with Crippen LogP contribution in [0.4, 0.5) is 0 Å². The molecule has 1 aromatic heterocycles. The van der Waals surface area contributed by atoms with E-state index in [0.29, 0.717) is 12.8 Å². The second kappa shape index (κ2) is 8.29. The summed E-state index contributed by atoms with van der Waals surface area (Å²) < 4.78 is 0. The largest absolute Gasteiger partial charge is 0.356 e. The molecule has 2 heterocycles. The van der Waals surface area contributed by atoms with E-state index < -0.39 is 0 Å². The number of hydrogen-bond acceptors (Lipinski definition) is 3. The molecule has 1 saturated heterocycles. The van der Waals surface area contributed by atoms with E-state index in [1.54, 1.807) is 0 Å². The molecule has 130 valence electrons. The van der Waals surface area contributed by atoms with Crippen LogP contribution in [0, 0.1) is 5.92 Å². The third kappa shape index (κ3) is 4.81. The highest BCUT2D eigenvalue weighted by Gasteiger charge is 2.14. The molecule has 1 aliphatic rings. The summed E-state index contributed by atoms with van der Waals surface area (Å²) in [5, 5.41) is 3.03. The number of carbonyl (C=O) groups excluding carboxylic acids is 1. The van der Waals surface area contributed by atoms with Gasteiger partial charge in [0.15, 0.2) is 0 Å². The minimum atomic E-state index is 0.114. The number of aromatic amines is 1. The fourth-order valence-corrected chi connectivity index (χ4v) is 3.26. The Morgan fingerprint density at radius 1 is 1.33 bits per heavy atom. The molecule has 0 saturated carbocycles. The lowest BCUT2D eigenvalue weighted by atomic mass is 9.99. The van der Waals surface area contributed by atoms with Crippen LogP contribution in [0.1, 0.15) is 38.4 Å². The topological polar surface area (TPSA) is 61.0 Å². The number of nitrogens with one attached hydrogen (secondary N) is 2. The zero-order valence-corrected chi connectivity index (χ0v) is 14.6. The van der Waals surface area contributed by atoms with Crippen LogP contribution in [0.15, 0.2) is 24.3 Å². The van der Waals surface area contributed by atoms with Crippen molar-refractivity contribution in [2.75, 3.05) is 26.2 Å². The number of rotatable bonds is 7. The zero-order chi connectivity index (χ0) is 16.8. The number of aryl methyl sites for hydroxylation is 1. The van der Waals surface area contributed by atoms with Gasteiger partial charge in [0.2, 0.25) is 5.91 Å². The van der Waals surface area contributed by atoms with Gasteiger partial charge in [0, 0.05) is 19.4 Å². The van der Waals surface area contributed by atoms with Gasteiger partial charge in [-0.1, -0.05) is 19.1 Å². The van der Waals surface area contributed by atoms with Gasteiger partial charge in [-0.15, -0.1) is 0 Å². The van der Waals surface area contributed by atoms with E-state index in [1.807, 2.05) is 24.3 Å². The summed E-state index contributed by atoms with van der Waals surface area (Å²) in [4.78, 5) is 22.2. The number of likely N-dealkylation sites (tertiary alicyclic amines) is 1. The molecule has 1 aromatic carbocycles. The number of aromatic nitrogens is 2. The Hall–Kier alpha value is -1.88. The molecule has 1 fully saturated rings. The standard InChI is InChI=1S/C19H28N4O/c1-15-9-13-23(14-10-15)12-4-11-20-19(24)8-7-18-21-16-5-2-3-6-17(16)22-18/h2-3,5-6,15H,4,7-14H2,1H3,(H,20,24)(H,21,22). The van der Waals surface area contributed by atoms with Gasteiger partial charge in [0.05, 0.1) is 11.0 Å². The number of fused-ring (bicyclic) bond motifs is 1. The summed E-state index contributed by atoms with van der Waals surface area (Å²) in [6.07, 6.45) is 4.80. The lowest BCUT2D eigenvalue weighted by Gasteiger charge is -2.30. The zero-order valence-electron chi connectivity index (χ0n) is 14.6. The Labute approximate surface area is 143 Å². The minimum absolute atomic E-state index is 0.114.